The number of carbonyl (C=O) groups is 1. The van der Waals surface area contributed by atoms with Gasteiger partial charge in [0.2, 0.25) is 12.6 Å². The first-order chi connectivity index (χ1) is 15.7. The predicted octanol–water partition coefficient (Wildman–Crippen LogP) is 4.01. The van der Waals surface area contributed by atoms with E-state index in [9.17, 15) is 4.79 Å². The molecule has 0 unspecified atom stereocenters. The van der Waals surface area contributed by atoms with Crippen LogP contribution in [-0.2, 0) is 7.05 Å². The number of carbonyl (C=O) groups excluding carboxylic acids is 1. The Hall–Kier alpha value is -3.19. The van der Waals surface area contributed by atoms with Crippen LogP contribution >= 0.6 is 0 Å². The van der Waals surface area contributed by atoms with Crippen LogP contribution in [0, 0.1) is 0 Å². The molecule has 0 atom stereocenters. The Morgan fingerprint density at radius 1 is 1.03 bits per heavy atom. The number of hydrogen-bond donors (Lipinski definition) is 0. The van der Waals surface area contributed by atoms with E-state index >= 15 is 0 Å². The minimum absolute atomic E-state index is 0.0927. The van der Waals surface area contributed by atoms with Gasteiger partial charge < -0.3 is 23.5 Å². The molecule has 0 aliphatic carbocycles. The zero-order chi connectivity index (χ0) is 22.1. The van der Waals surface area contributed by atoms with Crippen molar-refractivity contribution in [3.63, 3.8) is 0 Å². The number of aromatic nitrogens is 1. The molecule has 0 bridgehead atoms. The van der Waals surface area contributed by atoms with Crippen molar-refractivity contribution in [2.45, 2.75) is 19.8 Å². The minimum Gasteiger partial charge on any atom is -0.494 e. The maximum absolute atomic E-state index is 13.6. The topological polar surface area (TPSA) is 62.2 Å². The van der Waals surface area contributed by atoms with Gasteiger partial charge in [-0.05, 0) is 63.2 Å². The van der Waals surface area contributed by atoms with Crippen LogP contribution in [0.2, 0.25) is 0 Å². The largest absolute Gasteiger partial charge is 0.494 e. The first-order valence-electron chi connectivity index (χ1n) is 11.2. The second kappa shape index (κ2) is 8.74. The van der Waals surface area contributed by atoms with Crippen molar-refractivity contribution >= 4 is 16.7 Å². The average Bonchev–Trinajstić information content (AvgIpc) is 3.54. The quantitative estimate of drug-likeness (QED) is 0.497. The molecule has 5 rings (SSSR count). The highest BCUT2D eigenvalue weighted by atomic mass is 16.7. The number of aryl methyl sites for hydroxylation is 1. The van der Waals surface area contributed by atoms with Gasteiger partial charge in [-0.3, -0.25) is 9.69 Å². The lowest BCUT2D eigenvalue weighted by molar-refractivity contribution is 0.102. The van der Waals surface area contributed by atoms with Crippen LogP contribution < -0.4 is 18.9 Å². The lowest BCUT2D eigenvalue weighted by Gasteiger charge is -2.15. The van der Waals surface area contributed by atoms with Crippen molar-refractivity contribution in [1.82, 2.24) is 9.47 Å². The van der Waals surface area contributed by atoms with Crippen LogP contribution in [0.1, 0.15) is 35.8 Å². The fourth-order valence-corrected chi connectivity index (χ4v) is 4.48. The number of hydrogen-bond acceptors (Lipinski definition) is 6. The standard InChI is InChI=1S/C25H28N2O5/c1-3-29-18-8-6-17(7-9-18)24(28)23-25(30-13-12-27-10-4-5-11-27)19-14-21-22(32-16-31-21)15-20(19)26(23)2/h6-9,14-15H,3-5,10-13,16H2,1-2H3. The molecular formula is C25H28N2O5. The summed E-state index contributed by atoms with van der Waals surface area (Å²) in [7, 11) is 1.89. The molecule has 168 valence electrons. The second-order valence-corrected chi connectivity index (χ2v) is 8.14. The van der Waals surface area contributed by atoms with Gasteiger partial charge in [0.15, 0.2) is 17.2 Å². The first-order valence-corrected chi connectivity index (χ1v) is 11.2. The first kappa shape index (κ1) is 20.7. The summed E-state index contributed by atoms with van der Waals surface area (Å²) in [6, 6.07) is 11.1. The van der Waals surface area contributed by atoms with Gasteiger partial charge in [0, 0.05) is 30.6 Å². The Balaban J connectivity index is 1.51. The highest BCUT2D eigenvalue weighted by Crippen LogP contribution is 2.42. The molecule has 1 fully saturated rings. The smallest absolute Gasteiger partial charge is 0.231 e. The van der Waals surface area contributed by atoms with E-state index in [2.05, 4.69) is 4.90 Å². The highest BCUT2D eigenvalue weighted by molar-refractivity contribution is 6.14. The molecule has 7 nitrogen and oxygen atoms in total. The summed E-state index contributed by atoms with van der Waals surface area (Å²) in [6.45, 7) is 6.31. The lowest BCUT2D eigenvalue weighted by Crippen LogP contribution is -2.25. The Kier molecular flexibility index (Phi) is 5.66. The SMILES string of the molecule is CCOc1ccc(C(=O)c2c(OCCN3CCCC3)c3cc4c(cc3n2C)OCO4)cc1. The van der Waals surface area contributed by atoms with Crippen molar-refractivity contribution in [3.8, 4) is 23.0 Å². The van der Waals surface area contributed by atoms with Crippen LogP contribution in [-0.4, -0.2) is 54.9 Å². The molecule has 0 radical (unpaired) electrons. The molecular weight excluding hydrogens is 408 g/mol. The number of likely N-dealkylation sites (tertiary alicyclic amines) is 1. The van der Waals surface area contributed by atoms with Crippen molar-refractivity contribution in [2.75, 3.05) is 39.6 Å². The molecule has 2 aliphatic heterocycles. The highest BCUT2D eigenvalue weighted by Gasteiger charge is 2.27. The van der Waals surface area contributed by atoms with Gasteiger partial charge in [0.1, 0.15) is 18.1 Å². The summed E-state index contributed by atoms with van der Waals surface area (Å²) in [5.74, 6) is 2.60. The van der Waals surface area contributed by atoms with Gasteiger partial charge >= 0.3 is 0 Å². The fraction of sp³-hybridized carbons (Fsp3) is 0.400. The predicted molar refractivity (Wildman–Crippen MR) is 121 cm³/mol. The summed E-state index contributed by atoms with van der Waals surface area (Å²) in [5, 5.41) is 0.854. The molecule has 32 heavy (non-hydrogen) atoms. The zero-order valence-corrected chi connectivity index (χ0v) is 18.6. The van der Waals surface area contributed by atoms with Crippen LogP contribution in [0.4, 0.5) is 0 Å². The summed E-state index contributed by atoms with van der Waals surface area (Å²) in [5.41, 5.74) is 1.98. The lowest BCUT2D eigenvalue weighted by atomic mass is 10.1. The normalized spacial score (nSPS) is 15.4. The van der Waals surface area contributed by atoms with Crippen LogP contribution in [0.25, 0.3) is 10.9 Å². The van der Waals surface area contributed by atoms with Gasteiger partial charge in [-0.15, -0.1) is 0 Å². The van der Waals surface area contributed by atoms with E-state index in [0.29, 0.717) is 41.7 Å². The molecule has 3 aromatic rings. The molecule has 7 heteroatoms. The molecule has 1 saturated heterocycles. The van der Waals surface area contributed by atoms with Crippen LogP contribution in [0.15, 0.2) is 36.4 Å². The number of nitrogens with zero attached hydrogens (tertiary/aromatic N) is 2. The summed E-state index contributed by atoms with van der Waals surface area (Å²) >= 11 is 0. The Bertz CT molecular complexity index is 1130. The van der Waals surface area contributed by atoms with Crippen LogP contribution in [0.3, 0.4) is 0 Å². The molecule has 0 N–H and O–H groups in total. The molecule has 2 aliphatic rings. The third-order valence-electron chi connectivity index (χ3n) is 6.14. The molecule has 1 aromatic heterocycles. The third-order valence-corrected chi connectivity index (χ3v) is 6.14. The molecule has 0 amide bonds. The summed E-state index contributed by atoms with van der Waals surface area (Å²) < 4.78 is 24.8. The Morgan fingerprint density at radius 3 is 2.47 bits per heavy atom. The number of fused-ring (bicyclic) bond motifs is 2. The maximum Gasteiger partial charge on any atom is 0.231 e. The van der Waals surface area contributed by atoms with Crippen LogP contribution in [0.5, 0.6) is 23.0 Å². The maximum atomic E-state index is 13.6. The molecule has 3 heterocycles. The molecule has 2 aromatic carbocycles. The zero-order valence-electron chi connectivity index (χ0n) is 18.6. The number of benzene rings is 2. The fourth-order valence-electron chi connectivity index (χ4n) is 4.48. The second-order valence-electron chi connectivity index (χ2n) is 8.14. The van der Waals surface area contributed by atoms with Gasteiger partial charge in [-0.1, -0.05) is 0 Å². The van der Waals surface area contributed by atoms with E-state index in [0.717, 1.165) is 36.3 Å². The van der Waals surface area contributed by atoms with E-state index in [1.165, 1.54) is 12.8 Å². The number of rotatable bonds is 8. The number of ether oxygens (including phenoxy) is 4. The van der Waals surface area contributed by atoms with Crippen molar-refractivity contribution in [2.24, 2.45) is 7.05 Å². The van der Waals surface area contributed by atoms with Gasteiger partial charge in [0.25, 0.3) is 0 Å². The Labute approximate surface area is 187 Å². The Morgan fingerprint density at radius 2 is 1.75 bits per heavy atom. The monoisotopic (exact) mass is 436 g/mol. The van der Waals surface area contributed by atoms with Gasteiger partial charge in [-0.25, -0.2) is 0 Å². The van der Waals surface area contributed by atoms with Gasteiger partial charge in [-0.2, -0.15) is 0 Å². The van der Waals surface area contributed by atoms with E-state index in [-0.39, 0.29) is 12.6 Å². The summed E-state index contributed by atoms with van der Waals surface area (Å²) in [4.78, 5) is 16.0. The minimum atomic E-state index is -0.0927. The molecule has 0 saturated carbocycles. The average molecular weight is 437 g/mol. The van der Waals surface area contributed by atoms with Crippen molar-refractivity contribution in [1.29, 1.82) is 0 Å². The van der Waals surface area contributed by atoms with Crippen molar-refractivity contribution < 1.29 is 23.7 Å². The molecule has 0 spiro atoms. The van der Waals surface area contributed by atoms with E-state index in [1.54, 1.807) is 12.1 Å². The van der Waals surface area contributed by atoms with Gasteiger partial charge in [0.05, 0.1) is 12.1 Å². The number of ketones is 1. The van der Waals surface area contributed by atoms with E-state index in [1.807, 2.05) is 42.8 Å². The van der Waals surface area contributed by atoms with Crippen molar-refractivity contribution in [3.05, 3.63) is 47.7 Å². The van der Waals surface area contributed by atoms with E-state index < -0.39 is 0 Å². The van der Waals surface area contributed by atoms with E-state index in [4.69, 9.17) is 18.9 Å². The third kappa shape index (κ3) is 3.77. The summed E-state index contributed by atoms with van der Waals surface area (Å²) in [6.07, 6.45) is 2.47.